The second-order valence-electron chi connectivity index (χ2n) is 5.87. The molecule has 1 aliphatic heterocycles. The van der Waals surface area contributed by atoms with Crippen LogP contribution in [0.4, 0.5) is 5.95 Å². The van der Waals surface area contributed by atoms with Crippen molar-refractivity contribution in [1.29, 1.82) is 0 Å². The van der Waals surface area contributed by atoms with Gasteiger partial charge in [-0.1, -0.05) is 6.92 Å². The molecule has 0 amide bonds. The Morgan fingerprint density at radius 2 is 1.90 bits per heavy atom. The number of anilines is 1. The topological polar surface area (TPSA) is 44.3 Å². The Morgan fingerprint density at radius 1 is 1.19 bits per heavy atom. The van der Waals surface area contributed by atoms with E-state index in [2.05, 4.69) is 38.9 Å². The van der Waals surface area contributed by atoms with Crippen molar-refractivity contribution in [2.24, 2.45) is 0 Å². The molecule has 1 aliphatic rings. The Morgan fingerprint density at radius 3 is 2.57 bits per heavy atom. The number of aromatic nitrogens is 2. The minimum absolute atomic E-state index is 0.643. The van der Waals surface area contributed by atoms with Crippen molar-refractivity contribution in [3.63, 3.8) is 0 Å². The standard InChI is InChI=1S/C16H29N5/c1-3-7-17-15(2)6-4-10-20-11-13-21(14-12-20)16-18-8-5-9-19-16/h5,8-9,15,17H,3-4,6-7,10-14H2,1-2H3. The summed E-state index contributed by atoms with van der Waals surface area (Å²) in [6, 6.07) is 2.51. The highest BCUT2D eigenvalue weighted by molar-refractivity contribution is 5.29. The Hall–Kier alpha value is -1.20. The second-order valence-corrected chi connectivity index (χ2v) is 5.87. The predicted octanol–water partition coefficient (Wildman–Crippen LogP) is 1.77. The van der Waals surface area contributed by atoms with Gasteiger partial charge in [0, 0.05) is 44.6 Å². The van der Waals surface area contributed by atoms with E-state index >= 15 is 0 Å². The van der Waals surface area contributed by atoms with E-state index in [9.17, 15) is 0 Å². The van der Waals surface area contributed by atoms with E-state index < -0.39 is 0 Å². The number of piperazine rings is 1. The Bertz CT molecular complexity index is 376. The van der Waals surface area contributed by atoms with E-state index in [-0.39, 0.29) is 0 Å². The normalized spacial score (nSPS) is 17.9. The lowest BCUT2D eigenvalue weighted by atomic mass is 10.1. The third-order valence-corrected chi connectivity index (χ3v) is 4.06. The lowest BCUT2D eigenvalue weighted by Gasteiger charge is -2.34. The fraction of sp³-hybridized carbons (Fsp3) is 0.750. The molecule has 0 radical (unpaired) electrons. The molecule has 1 unspecified atom stereocenters. The SMILES string of the molecule is CCCNC(C)CCCN1CCN(c2ncccn2)CC1. The van der Waals surface area contributed by atoms with Crippen LogP contribution in [0.25, 0.3) is 0 Å². The minimum Gasteiger partial charge on any atom is -0.338 e. The van der Waals surface area contributed by atoms with E-state index in [1.54, 1.807) is 0 Å². The molecule has 2 rings (SSSR count). The van der Waals surface area contributed by atoms with E-state index in [1.165, 1.54) is 25.8 Å². The van der Waals surface area contributed by atoms with Crippen molar-refractivity contribution < 1.29 is 0 Å². The maximum atomic E-state index is 4.33. The monoisotopic (exact) mass is 291 g/mol. The third-order valence-electron chi connectivity index (χ3n) is 4.06. The molecule has 0 spiro atoms. The van der Waals surface area contributed by atoms with Gasteiger partial charge in [-0.05, 0) is 45.3 Å². The third kappa shape index (κ3) is 5.59. The molecule has 1 saturated heterocycles. The van der Waals surface area contributed by atoms with Crippen LogP contribution in [0.15, 0.2) is 18.5 Å². The van der Waals surface area contributed by atoms with Crippen molar-refractivity contribution in [3.8, 4) is 0 Å². The van der Waals surface area contributed by atoms with E-state index in [0.717, 1.165) is 38.7 Å². The molecule has 1 fully saturated rings. The van der Waals surface area contributed by atoms with Crippen molar-refractivity contribution in [3.05, 3.63) is 18.5 Å². The first-order valence-corrected chi connectivity index (χ1v) is 8.27. The largest absolute Gasteiger partial charge is 0.338 e. The van der Waals surface area contributed by atoms with Gasteiger partial charge in [0.05, 0.1) is 0 Å². The van der Waals surface area contributed by atoms with E-state index in [4.69, 9.17) is 0 Å². The molecule has 1 aromatic heterocycles. The molecule has 1 N–H and O–H groups in total. The molecule has 2 heterocycles. The van der Waals surface area contributed by atoms with Crippen molar-refractivity contribution >= 4 is 5.95 Å². The summed E-state index contributed by atoms with van der Waals surface area (Å²) in [4.78, 5) is 13.5. The molecule has 1 atom stereocenters. The van der Waals surface area contributed by atoms with Crippen LogP contribution < -0.4 is 10.2 Å². The summed E-state index contributed by atoms with van der Waals surface area (Å²) in [7, 11) is 0. The molecule has 0 aliphatic carbocycles. The van der Waals surface area contributed by atoms with Crippen LogP contribution in [0.2, 0.25) is 0 Å². The van der Waals surface area contributed by atoms with Crippen LogP contribution in [-0.2, 0) is 0 Å². The lowest BCUT2D eigenvalue weighted by Crippen LogP contribution is -2.47. The molecule has 0 saturated carbocycles. The second kappa shape index (κ2) is 8.95. The number of hydrogen-bond acceptors (Lipinski definition) is 5. The molecule has 1 aromatic rings. The Balaban J connectivity index is 1.61. The molecule has 118 valence electrons. The minimum atomic E-state index is 0.643. The summed E-state index contributed by atoms with van der Waals surface area (Å²) in [5, 5.41) is 3.56. The summed E-state index contributed by atoms with van der Waals surface area (Å²) in [5.41, 5.74) is 0. The van der Waals surface area contributed by atoms with Crippen LogP contribution in [0.5, 0.6) is 0 Å². The van der Waals surface area contributed by atoms with Gasteiger partial charge in [0.15, 0.2) is 0 Å². The Labute approximate surface area is 128 Å². The maximum absolute atomic E-state index is 4.33. The summed E-state index contributed by atoms with van der Waals surface area (Å²) in [5.74, 6) is 0.870. The average Bonchev–Trinajstić information content (AvgIpc) is 2.54. The first-order valence-electron chi connectivity index (χ1n) is 8.27. The number of nitrogens with zero attached hydrogens (tertiary/aromatic N) is 4. The first-order chi connectivity index (χ1) is 10.3. The molecule has 21 heavy (non-hydrogen) atoms. The summed E-state index contributed by atoms with van der Waals surface area (Å²) >= 11 is 0. The maximum Gasteiger partial charge on any atom is 0.225 e. The van der Waals surface area contributed by atoms with Crippen LogP contribution >= 0.6 is 0 Å². The molecule has 5 heteroatoms. The molecular weight excluding hydrogens is 262 g/mol. The zero-order chi connectivity index (χ0) is 14.9. The fourth-order valence-corrected chi connectivity index (χ4v) is 2.74. The zero-order valence-electron chi connectivity index (χ0n) is 13.5. The molecule has 0 bridgehead atoms. The van der Waals surface area contributed by atoms with E-state index in [0.29, 0.717) is 6.04 Å². The van der Waals surface area contributed by atoms with Gasteiger partial charge in [-0.25, -0.2) is 9.97 Å². The van der Waals surface area contributed by atoms with Gasteiger partial charge in [-0.3, -0.25) is 4.90 Å². The lowest BCUT2D eigenvalue weighted by molar-refractivity contribution is 0.248. The highest BCUT2D eigenvalue weighted by Gasteiger charge is 2.18. The van der Waals surface area contributed by atoms with E-state index in [1.807, 2.05) is 18.5 Å². The predicted molar refractivity (Wildman–Crippen MR) is 87.7 cm³/mol. The van der Waals surface area contributed by atoms with Crippen LogP contribution in [-0.4, -0.2) is 60.2 Å². The fourth-order valence-electron chi connectivity index (χ4n) is 2.74. The number of rotatable bonds is 8. The molecule has 5 nitrogen and oxygen atoms in total. The molecular formula is C16H29N5. The van der Waals surface area contributed by atoms with Gasteiger partial charge >= 0.3 is 0 Å². The van der Waals surface area contributed by atoms with Gasteiger partial charge in [-0.2, -0.15) is 0 Å². The summed E-state index contributed by atoms with van der Waals surface area (Å²) < 4.78 is 0. The van der Waals surface area contributed by atoms with Gasteiger partial charge in [0.1, 0.15) is 0 Å². The van der Waals surface area contributed by atoms with Crippen LogP contribution in [0.3, 0.4) is 0 Å². The van der Waals surface area contributed by atoms with Gasteiger partial charge < -0.3 is 10.2 Å². The quantitative estimate of drug-likeness (QED) is 0.791. The van der Waals surface area contributed by atoms with Crippen molar-refractivity contribution in [2.45, 2.75) is 39.2 Å². The number of hydrogen-bond donors (Lipinski definition) is 1. The van der Waals surface area contributed by atoms with Gasteiger partial charge in [0.25, 0.3) is 0 Å². The summed E-state index contributed by atoms with van der Waals surface area (Å²) in [6.07, 6.45) is 7.40. The number of nitrogens with one attached hydrogen (secondary N) is 1. The summed E-state index contributed by atoms with van der Waals surface area (Å²) in [6.45, 7) is 11.2. The zero-order valence-corrected chi connectivity index (χ0v) is 13.5. The molecule has 0 aromatic carbocycles. The van der Waals surface area contributed by atoms with Crippen molar-refractivity contribution in [1.82, 2.24) is 20.2 Å². The van der Waals surface area contributed by atoms with Crippen molar-refractivity contribution in [2.75, 3.05) is 44.2 Å². The highest BCUT2D eigenvalue weighted by Crippen LogP contribution is 2.10. The highest BCUT2D eigenvalue weighted by atomic mass is 15.3. The Kier molecular flexibility index (Phi) is 6.89. The van der Waals surface area contributed by atoms with Gasteiger partial charge in [0.2, 0.25) is 5.95 Å². The first kappa shape index (κ1) is 16.2. The van der Waals surface area contributed by atoms with Gasteiger partial charge in [-0.15, -0.1) is 0 Å². The van der Waals surface area contributed by atoms with Crippen LogP contribution in [0.1, 0.15) is 33.1 Å². The van der Waals surface area contributed by atoms with Crippen LogP contribution in [0, 0.1) is 0 Å². The average molecular weight is 291 g/mol. The smallest absolute Gasteiger partial charge is 0.225 e.